The number of rotatable bonds is 4. The van der Waals surface area contributed by atoms with Crippen LogP contribution in [0.3, 0.4) is 0 Å². The van der Waals surface area contributed by atoms with Gasteiger partial charge in [0.15, 0.2) is 0 Å². The van der Waals surface area contributed by atoms with E-state index in [9.17, 15) is 23.2 Å². The maximum Gasteiger partial charge on any atom is 0.338 e. The first kappa shape index (κ1) is 23.1. The van der Waals surface area contributed by atoms with Crippen LogP contribution in [0.2, 0.25) is 0 Å². The second kappa shape index (κ2) is 9.06. The second-order valence-corrected chi connectivity index (χ2v) is 8.26. The predicted molar refractivity (Wildman–Crippen MR) is 122 cm³/mol. The minimum absolute atomic E-state index is 0.0296. The number of ether oxygens (including phenoxy) is 2. The van der Waals surface area contributed by atoms with Crippen molar-refractivity contribution in [3.63, 3.8) is 0 Å². The van der Waals surface area contributed by atoms with Crippen molar-refractivity contribution in [3.8, 4) is 0 Å². The van der Waals surface area contributed by atoms with Crippen LogP contribution in [0, 0.1) is 11.6 Å². The number of nitrogens with two attached hydrogens (primary N) is 1. The number of carbonyl (C=O) groups excluding carboxylic acids is 2. The smallest absolute Gasteiger partial charge is 0.338 e. The zero-order valence-corrected chi connectivity index (χ0v) is 18.8. The Hall–Kier alpha value is -4.05. The van der Waals surface area contributed by atoms with Crippen LogP contribution in [-0.4, -0.2) is 30.7 Å². The number of halogens is 2. The lowest BCUT2D eigenvalue weighted by molar-refractivity contribution is -0.136. The summed E-state index contributed by atoms with van der Waals surface area (Å²) in [5, 5.41) is 0. The summed E-state index contributed by atoms with van der Waals surface area (Å²) in [5.41, 5.74) is 5.22. The van der Waals surface area contributed by atoms with Crippen molar-refractivity contribution in [2.75, 3.05) is 14.2 Å². The summed E-state index contributed by atoms with van der Waals surface area (Å²) in [5.74, 6) is -4.73. The minimum atomic E-state index is -1.31. The molecule has 2 N–H and O–H groups in total. The second-order valence-electron chi connectivity index (χ2n) is 7.23. The van der Waals surface area contributed by atoms with Crippen LogP contribution in [0.25, 0.3) is 17.5 Å². The van der Waals surface area contributed by atoms with E-state index < -0.39 is 35.1 Å². The molecule has 0 spiro atoms. The van der Waals surface area contributed by atoms with Crippen LogP contribution >= 0.6 is 11.3 Å². The summed E-state index contributed by atoms with van der Waals surface area (Å²) in [6.45, 7) is 0. The van der Waals surface area contributed by atoms with Crippen molar-refractivity contribution in [1.82, 2.24) is 4.57 Å². The molecule has 4 rings (SSSR count). The molecule has 10 heteroatoms. The number of fused-ring (bicyclic) bond motifs is 1. The third-order valence-electron chi connectivity index (χ3n) is 5.37. The van der Waals surface area contributed by atoms with Crippen molar-refractivity contribution in [2.24, 2.45) is 5.73 Å². The number of hydrogen-bond donors (Lipinski definition) is 1. The van der Waals surface area contributed by atoms with Crippen molar-refractivity contribution in [2.45, 2.75) is 5.92 Å². The fraction of sp³-hybridized carbons (Fsp3) is 0.125. The molecule has 2 heterocycles. The van der Waals surface area contributed by atoms with E-state index in [1.807, 2.05) is 0 Å². The highest BCUT2D eigenvalue weighted by atomic mass is 32.1. The number of methoxy groups -OCH3 is 2. The summed E-state index contributed by atoms with van der Waals surface area (Å²) in [6.07, 6.45) is 1.31. The lowest BCUT2D eigenvalue weighted by Crippen LogP contribution is -2.41. The molecule has 1 aliphatic rings. The summed E-state index contributed by atoms with van der Waals surface area (Å²) in [6, 6.07) is 11.4. The van der Waals surface area contributed by atoms with Gasteiger partial charge in [-0.05, 0) is 18.2 Å². The van der Waals surface area contributed by atoms with Gasteiger partial charge in [-0.2, -0.15) is 0 Å². The maximum atomic E-state index is 14.9. The zero-order chi connectivity index (χ0) is 24.6. The van der Waals surface area contributed by atoms with Gasteiger partial charge >= 0.3 is 11.9 Å². The molecule has 34 heavy (non-hydrogen) atoms. The maximum absolute atomic E-state index is 14.9. The average Bonchev–Trinajstić information content (AvgIpc) is 3.15. The van der Waals surface area contributed by atoms with Crippen LogP contribution in [0.5, 0.6) is 0 Å². The highest BCUT2D eigenvalue weighted by molar-refractivity contribution is 7.07. The Labute approximate surface area is 195 Å². The highest BCUT2D eigenvalue weighted by Crippen LogP contribution is 2.38. The predicted octanol–water partition coefficient (Wildman–Crippen LogP) is 1.44. The Morgan fingerprint density at radius 1 is 0.971 bits per heavy atom. The van der Waals surface area contributed by atoms with Crippen LogP contribution in [0.1, 0.15) is 17.0 Å². The van der Waals surface area contributed by atoms with Crippen LogP contribution in [-0.2, 0) is 19.1 Å². The number of nitrogens with zero attached hydrogens (tertiary/aromatic N) is 1. The van der Waals surface area contributed by atoms with E-state index >= 15 is 0 Å². The van der Waals surface area contributed by atoms with E-state index in [4.69, 9.17) is 15.2 Å². The van der Waals surface area contributed by atoms with Gasteiger partial charge in [0.25, 0.3) is 5.56 Å². The van der Waals surface area contributed by atoms with Crippen LogP contribution in [0.15, 0.2) is 58.9 Å². The quantitative estimate of drug-likeness (QED) is 0.563. The van der Waals surface area contributed by atoms with Crippen molar-refractivity contribution in [1.29, 1.82) is 0 Å². The first-order chi connectivity index (χ1) is 16.3. The standard InChI is InChI=1S/C24H18F2N2O5S/c1-32-23(30)18-17(13-8-4-6-10-15(13)26)19(24(31)33-2)22-28(20(18)27)21(29)16(34-22)11-12-7-3-5-9-14(12)25/h3-11,17H,27H2,1-2H3/t17-/m1/s1. The summed E-state index contributed by atoms with van der Waals surface area (Å²) < 4.78 is 39.9. The summed E-state index contributed by atoms with van der Waals surface area (Å²) in [4.78, 5) is 39.0. The first-order valence-corrected chi connectivity index (χ1v) is 10.7. The Kier molecular flexibility index (Phi) is 6.16. The van der Waals surface area contributed by atoms with E-state index in [0.717, 1.165) is 30.1 Å². The Morgan fingerprint density at radius 3 is 2.18 bits per heavy atom. The van der Waals surface area contributed by atoms with Gasteiger partial charge in [0.1, 0.15) is 22.1 Å². The Morgan fingerprint density at radius 2 is 1.56 bits per heavy atom. The van der Waals surface area contributed by atoms with Gasteiger partial charge in [-0.3, -0.25) is 9.36 Å². The minimum Gasteiger partial charge on any atom is -0.466 e. The number of thiazole rings is 1. The largest absolute Gasteiger partial charge is 0.466 e. The van der Waals surface area contributed by atoms with Gasteiger partial charge in [-0.15, -0.1) is 11.3 Å². The molecular formula is C24H18F2N2O5S. The normalized spacial score (nSPS) is 15.8. The van der Waals surface area contributed by atoms with E-state index in [-0.39, 0.29) is 37.3 Å². The number of esters is 2. The number of hydrogen-bond acceptors (Lipinski definition) is 7. The monoisotopic (exact) mass is 484 g/mol. The van der Waals surface area contributed by atoms with Gasteiger partial charge in [0.05, 0.1) is 35.8 Å². The molecule has 174 valence electrons. The van der Waals surface area contributed by atoms with Crippen molar-refractivity contribution < 1.29 is 27.8 Å². The zero-order valence-electron chi connectivity index (χ0n) is 18.0. The van der Waals surface area contributed by atoms with E-state index in [1.165, 1.54) is 48.5 Å². The molecule has 0 saturated carbocycles. The molecule has 0 bridgehead atoms. The molecule has 0 unspecified atom stereocenters. The molecular weight excluding hydrogens is 466 g/mol. The third-order valence-corrected chi connectivity index (χ3v) is 6.48. The molecule has 0 radical (unpaired) electrons. The fourth-order valence-corrected chi connectivity index (χ4v) is 4.98. The Bertz CT molecular complexity index is 1540. The van der Waals surface area contributed by atoms with E-state index in [1.54, 1.807) is 6.07 Å². The van der Waals surface area contributed by atoms with Crippen LogP contribution in [0.4, 0.5) is 8.78 Å². The molecule has 1 aliphatic heterocycles. The molecule has 1 atom stereocenters. The van der Waals surface area contributed by atoms with E-state index in [2.05, 4.69) is 0 Å². The lowest BCUT2D eigenvalue weighted by atomic mass is 9.83. The van der Waals surface area contributed by atoms with Crippen molar-refractivity contribution in [3.05, 3.63) is 96.4 Å². The molecule has 0 aliphatic carbocycles. The SMILES string of the molecule is COC(=O)C1=C(N)n2c(sc(=Cc3ccccc3F)c2=O)=C(C(=O)OC)[C@@H]1c1ccccc1F. The number of carbonyl (C=O) groups is 2. The third kappa shape index (κ3) is 3.71. The van der Waals surface area contributed by atoms with Gasteiger partial charge in [-0.25, -0.2) is 18.4 Å². The first-order valence-electron chi connectivity index (χ1n) is 9.93. The summed E-state index contributed by atoms with van der Waals surface area (Å²) >= 11 is 0.848. The topological polar surface area (TPSA) is 101 Å². The molecule has 7 nitrogen and oxygen atoms in total. The molecule has 2 aromatic carbocycles. The summed E-state index contributed by atoms with van der Waals surface area (Å²) in [7, 11) is 2.22. The van der Waals surface area contributed by atoms with E-state index in [0.29, 0.717) is 0 Å². The van der Waals surface area contributed by atoms with Crippen molar-refractivity contribution >= 4 is 40.7 Å². The number of aromatic nitrogens is 1. The molecule has 0 saturated heterocycles. The molecule has 0 fully saturated rings. The lowest BCUT2D eigenvalue weighted by Gasteiger charge is -2.26. The molecule has 1 aromatic heterocycles. The van der Waals surface area contributed by atoms with Gasteiger partial charge < -0.3 is 15.2 Å². The fourth-order valence-electron chi connectivity index (χ4n) is 3.82. The molecule has 0 amide bonds. The Balaban J connectivity index is 2.17. The van der Waals surface area contributed by atoms with Gasteiger partial charge in [-0.1, -0.05) is 36.4 Å². The number of benzene rings is 2. The highest BCUT2D eigenvalue weighted by Gasteiger charge is 2.40. The van der Waals surface area contributed by atoms with Gasteiger partial charge in [0.2, 0.25) is 0 Å². The molecule has 3 aromatic rings. The average molecular weight is 484 g/mol. The van der Waals surface area contributed by atoms with Crippen LogP contribution < -0.4 is 20.5 Å². The van der Waals surface area contributed by atoms with Gasteiger partial charge in [0, 0.05) is 11.1 Å².